The lowest BCUT2D eigenvalue weighted by Gasteiger charge is -2.36. The molecule has 1 aliphatic heterocycles. The van der Waals surface area contributed by atoms with Crippen molar-refractivity contribution in [3.63, 3.8) is 0 Å². The Morgan fingerprint density at radius 3 is 2.88 bits per heavy atom. The Morgan fingerprint density at radius 2 is 2.24 bits per heavy atom. The molecule has 94 valence electrons. The van der Waals surface area contributed by atoms with Gasteiger partial charge < -0.3 is 5.73 Å². The highest BCUT2D eigenvalue weighted by atomic mass is 35.5. The molecule has 0 spiro atoms. The Hall–Kier alpha value is -0.0900. The predicted molar refractivity (Wildman–Crippen MR) is 73.7 cm³/mol. The zero-order chi connectivity index (χ0) is 11.8. The number of hydrogen-bond acceptors (Lipinski definition) is 3. The van der Waals surface area contributed by atoms with E-state index in [1.807, 2.05) is 0 Å². The summed E-state index contributed by atoms with van der Waals surface area (Å²) < 4.78 is 0.902. The van der Waals surface area contributed by atoms with Crippen molar-refractivity contribution in [3.8, 4) is 0 Å². The summed E-state index contributed by atoms with van der Waals surface area (Å²) in [6.07, 6.45) is 5.06. The van der Waals surface area contributed by atoms with Crippen LogP contribution >= 0.6 is 22.9 Å². The van der Waals surface area contributed by atoms with Gasteiger partial charge in [0.25, 0.3) is 0 Å². The lowest BCUT2D eigenvalue weighted by Crippen LogP contribution is -2.48. The second-order valence-corrected chi connectivity index (χ2v) is 7.05. The van der Waals surface area contributed by atoms with E-state index in [1.54, 1.807) is 11.3 Å². The van der Waals surface area contributed by atoms with Crippen LogP contribution in [0.3, 0.4) is 0 Å². The molecule has 2 unspecified atom stereocenters. The maximum Gasteiger partial charge on any atom is 0.0931 e. The maximum atomic E-state index is 6.17. The van der Waals surface area contributed by atoms with Gasteiger partial charge in [0, 0.05) is 25.2 Å². The molecule has 0 aromatic carbocycles. The van der Waals surface area contributed by atoms with Gasteiger partial charge in [-0.25, -0.2) is 0 Å². The zero-order valence-electron chi connectivity index (χ0n) is 9.94. The van der Waals surface area contributed by atoms with Crippen molar-refractivity contribution >= 4 is 22.9 Å². The van der Waals surface area contributed by atoms with Crippen LogP contribution in [-0.4, -0.2) is 30.1 Å². The third-order valence-electron chi connectivity index (χ3n) is 3.81. The molecule has 1 saturated heterocycles. The van der Waals surface area contributed by atoms with Gasteiger partial charge in [-0.15, -0.1) is 11.3 Å². The van der Waals surface area contributed by atoms with Crippen molar-refractivity contribution in [2.45, 2.75) is 37.8 Å². The molecule has 2 atom stereocenters. The van der Waals surface area contributed by atoms with Gasteiger partial charge in [0.1, 0.15) is 0 Å². The van der Waals surface area contributed by atoms with Crippen molar-refractivity contribution in [2.24, 2.45) is 11.7 Å². The number of nitrogens with zero attached hydrogens (tertiary/aromatic N) is 1. The molecule has 1 aliphatic carbocycles. The van der Waals surface area contributed by atoms with E-state index in [4.69, 9.17) is 17.3 Å². The first kappa shape index (κ1) is 12.0. The molecule has 2 fully saturated rings. The Bertz CT molecular complexity index is 389. The van der Waals surface area contributed by atoms with Gasteiger partial charge in [-0.1, -0.05) is 11.6 Å². The van der Waals surface area contributed by atoms with Crippen LogP contribution < -0.4 is 5.73 Å². The lowest BCUT2D eigenvalue weighted by molar-refractivity contribution is 0.148. The van der Waals surface area contributed by atoms with E-state index in [0.29, 0.717) is 12.0 Å². The van der Waals surface area contributed by atoms with Gasteiger partial charge >= 0.3 is 0 Å². The summed E-state index contributed by atoms with van der Waals surface area (Å²) in [5.41, 5.74) is 7.56. The summed E-state index contributed by atoms with van der Waals surface area (Å²) in [6.45, 7) is 2.33. The second-order valence-electron chi connectivity index (χ2n) is 5.51. The fraction of sp³-hybridized carbons (Fsp3) is 0.692. The first-order valence-corrected chi connectivity index (χ1v) is 7.69. The molecule has 2 heterocycles. The van der Waals surface area contributed by atoms with Crippen molar-refractivity contribution in [1.29, 1.82) is 0 Å². The minimum Gasteiger partial charge on any atom is -0.327 e. The highest BCUT2D eigenvalue weighted by molar-refractivity contribution is 7.14. The molecular formula is C13H19ClN2S. The molecule has 2 aliphatic rings. The Morgan fingerprint density at radius 1 is 1.41 bits per heavy atom. The molecule has 1 aromatic heterocycles. The van der Waals surface area contributed by atoms with Crippen LogP contribution in [0.5, 0.6) is 0 Å². The van der Waals surface area contributed by atoms with Crippen molar-refractivity contribution < 1.29 is 0 Å². The zero-order valence-corrected chi connectivity index (χ0v) is 11.5. The van der Waals surface area contributed by atoms with Gasteiger partial charge in [0.15, 0.2) is 0 Å². The normalized spacial score (nSPS) is 30.7. The summed E-state index contributed by atoms with van der Waals surface area (Å²) >= 11 is 7.61. The molecule has 0 radical (unpaired) electrons. The third-order valence-corrected chi connectivity index (χ3v) is 4.95. The van der Waals surface area contributed by atoms with Crippen molar-refractivity contribution in [2.75, 3.05) is 13.1 Å². The standard InChI is InChI=1S/C13H19ClN2S/c14-13-5-10(8-17-13)3-9-4-11(15)7-16(6-9)12-1-2-12/h5,8-9,11-12H,1-4,6-7,15H2. The summed E-state index contributed by atoms with van der Waals surface area (Å²) in [6, 6.07) is 3.31. The van der Waals surface area contributed by atoms with E-state index in [1.165, 1.54) is 24.9 Å². The molecule has 1 saturated carbocycles. The quantitative estimate of drug-likeness (QED) is 0.915. The van der Waals surface area contributed by atoms with Crippen LogP contribution in [0.4, 0.5) is 0 Å². The average Bonchev–Trinajstić information content (AvgIpc) is 3.03. The number of thiophene rings is 1. The summed E-state index contributed by atoms with van der Waals surface area (Å²) in [5, 5.41) is 2.18. The van der Waals surface area contributed by atoms with E-state index >= 15 is 0 Å². The minimum atomic E-state index is 0.364. The Kier molecular flexibility index (Phi) is 3.44. The van der Waals surface area contributed by atoms with Gasteiger partial charge in [-0.2, -0.15) is 0 Å². The molecule has 3 rings (SSSR count). The molecule has 17 heavy (non-hydrogen) atoms. The molecule has 4 heteroatoms. The van der Waals surface area contributed by atoms with E-state index in [-0.39, 0.29) is 0 Å². The number of piperidine rings is 1. The van der Waals surface area contributed by atoms with Crippen molar-refractivity contribution in [1.82, 2.24) is 4.90 Å². The molecule has 0 bridgehead atoms. The smallest absolute Gasteiger partial charge is 0.0931 e. The molecule has 1 aromatic rings. The largest absolute Gasteiger partial charge is 0.327 e. The van der Waals surface area contributed by atoms with Crippen molar-refractivity contribution in [3.05, 3.63) is 21.3 Å². The molecule has 0 amide bonds. The minimum absolute atomic E-state index is 0.364. The predicted octanol–water partition coefficient (Wildman–Crippen LogP) is 2.76. The number of likely N-dealkylation sites (tertiary alicyclic amines) is 1. The molecular weight excluding hydrogens is 252 g/mol. The van der Waals surface area contributed by atoms with E-state index in [2.05, 4.69) is 16.3 Å². The van der Waals surface area contributed by atoms with Crippen LogP contribution in [0.1, 0.15) is 24.8 Å². The summed E-state index contributed by atoms with van der Waals surface area (Å²) in [5.74, 6) is 0.713. The van der Waals surface area contributed by atoms with Crippen LogP contribution in [0.25, 0.3) is 0 Å². The van der Waals surface area contributed by atoms with Gasteiger partial charge in [0.05, 0.1) is 4.34 Å². The fourth-order valence-electron chi connectivity index (χ4n) is 2.96. The van der Waals surface area contributed by atoms with Crippen LogP contribution in [0.15, 0.2) is 11.4 Å². The van der Waals surface area contributed by atoms with Crippen LogP contribution in [0, 0.1) is 5.92 Å². The highest BCUT2D eigenvalue weighted by Gasteiger charge is 2.34. The lowest BCUT2D eigenvalue weighted by atomic mass is 9.90. The summed E-state index contributed by atoms with van der Waals surface area (Å²) in [7, 11) is 0. The van der Waals surface area contributed by atoms with Gasteiger partial charge in [-0.05, 0) is 48.6 Å². The Labute approximate surface area is 112 Å². The number of hydrogen-bond donors (Lipinski definition) is 1. The van der Waals surface area contributed by atoms with Crippen LogP contribution in [0.2, 0.25) is 4.34 Å². The first-order valence-electron chi connectivity index (χ1n) is 6.43. The SMILES string of the molecule is NC1CC(Cc2csc(Cl)c2)CN(C2CC2)C1. The van der Waals surface area contributed by atoms with Gasteiger partial charge in [-0.3, -0.25) is 4.90 Å². The highest BCUT2D eigenvalue weighted by Crippen LogP contribution is 2.32. The summed E-state index contributed by atoms with van der Waals surface area (Å²) in [4.78, 5) is 2.60. The third kappa shape index (κ3) is 3.02. The average molecular weight is 271 g/mol. The topological polar surface area (TPSA) is 29.3 Å². The van der Waals surface area contributed by atoms with E-state index < -0.39 is 0 Å². The monoisotopic (exact) mass is 270 g/mol. The molecule has 2 N–H and O–H groups in total. The second kappa shape index (κ2) is 4.88. The number of rotatable bonds is 3. The maximum absolute atomic E-state index is 6.17. The van der Waals surface area contributed by atoms with Gasteiger partial charge in [0.2, 0.25) is 0 Å². The Balaban J connectivity index is 1.61. The van der Waals surface area contributed by atoms with Crippen LogP contribution in [-0.2, 0) is 6.42 Å². The molecule has 2 nitrogen and oxygen atoms in total. The first-order chi connectivity index (χ1) is 8.20. The van der Waals surface area contributed by atoms with E-state index in [9.17, 15) is 0 Å². The fourth-order valence-corrected chi connectivity index (χ4v) is 3.88. The number of nitrogens with two attached hydrogens (primary N) is 1. The van der Waals surface area contributed by atoms with E-state index in [0.717, 1.165) is 29.8 Å². The number of halogens is 1.